The zero-order valence-corrected chi connectivity index (χ0v) is 11.0. The third-order valence-electron chi connectivity index (χ3n) is 3.21. The van der Waals surface area contributed by atoms with E-state index < -0.39 is 6.10 Å². The summed E-state index contributed by atoms with van der Waals surface area (Å²) in [6.07, 6.45) is 2.07. The number of benzene rings is 1. The molecule has 94 valence electrons. The Hall–Kier alpha value is -0.280. The molecule has 1 fully saturated rings. The number of aliphatic hydroxyl groups is 1. The van der Waals surface area contributed by atoms with Crippen LogP contribution in [0, 0.1) is 5.92 Å². The van der Waals surface area contributed by atoms with E-state index in [1.807, 2.05) is 6.07 Å². The van der Waals surface area contributed by atoms with Crippen molar-refractivity contribution >= 4 is 23.2 Å². The summed E-state index contributed by atoms with van der Waals surface area (Å²) in [6, 6.07) is 5.41. The quantitative estimate of drug-likeness (QED) is 0.916. The van der Waals surface area contributed by atoms with Gasteiger partial charge in [0, 0.05) is 29.0 Å². The van der Waals surface area contributed by atoms with Gasteiger partial charge in [-0.05, 0) is 30.5 Å². The molecule has 4 heteroatoms. The van der Waals surface area contributed by atoms with Gasteiger partial charge in [0.15, 0.2) is 0 Å². The largest absolute Gasteiger partial charge is 0.392 e. The molecule has 2 nitrogen and oxygen atoms in total. The number of ether oxygens (including phenoxy) is 1. The van der Waals surface area contributed by atoms with Crippen LogP contribution in [-0.2, 0) is 11.2 Å². The van der Waals surface area contributed by atoms with Gasteiger partial charge in [0.25, 0.3) is 0 Å². The third kappa shape index (κ3) is 3.35. The van der Waals surface area contributed by atoms with Gasteiger partial charge in [-0.3, -0.25) is 0 Å². The van der Waals surface area contributed by atoms with E-state index in [1.165, 1.54) is 0 Å². The maximum Gasteiger partial charge on any atom is 0.0631 e. The Bertz CT molecular complexity index is 355. The molecule has 0 bridgehead atoms. The van der Waals surface area contributed by atoms with E-state index >= 15 is 0 Å². The predicted octanol–water partition coefficient (Wildman–Crippen LogP) is 3.32. The highest BCUT2D eigenvalue weighted by Crippen LogP contribution is 2.28. The van der Waals surface area contributed by atoms with Crippen LogP contribution in [0.3, 0.4) is 0 Å². The molecule has 0 aliphatic carbocycles. The zero-order chi connectivity index (χ0) is 12.3. The molecule has 0 amide bonds. The molecule has 2 rings (SSSR count). The van der Waals surface area contributed by atoms with Crippen molar-refractivity contribution in [3.8, 4) is 0 Å². The summed E-state index contributed by atoms with van der Waals surface area (Å²) in [5.74, 6) is 0.191. The molecule has 1 heterocycles. The van der Waals surface area contributed by atoms with Gasteiger partial charge in [0.05, 0.1) is 12.7 Å². The maximum absolute atomic E-state index is 10.2. The van der Waals surface area contributed by atoms with Crippen LogP contribution < -0.4 is 0 Å². The van der Waals surface area contributed by atoms with Gasteiger partial charge in [-0.1, -0.05) is 29.3 Å². The first-order valence-electron chi connectivity index (χ1n) is 5.87. The van der Waals surface area contributed by atoms with Crippen molar-refractivity contribution in [2.45, 2.75) is 25.4 Å². The van der Waals surface area contributed by atoms with Crippen molar-refractivity contribution in [3.63, 3.8) is 0 Å². The normalized spacial score (nSPS) is 22.4. The van der Waals surface area contributed by atoms with Gasteiger partial charge in [-0.2, -0.15) is 0 Å². The van der Waals surface area contributed by atoms with Crippen LogP contribution in [0.15, 0.2) is 18.2 Å². The van der Waals surface area contributed by atoms with Crippen molar-refractivity contribution in [1.82, 2.24) is 0 Å². The fourth-order valence-corrected chi connectivity index (χ4v) is 2.72. The molecule has 1 aliphatic rings. The summed E-state index contributed by atoms with van der Waals surface area (Å²) >= 11 is 12.2. The Morgan fingerprint density at radius 2 is 2.06 bits per heavy atom. The molecule has 0 aromatic heterocycles. The standard InChI is InChI=1S/C13H16Cl2O2/c14-11-4-1-5-12(15)10(11)7-13(16)9-3-2-6-17-8-9/h1,4-5,9,13,16H,2-3,6-8H2. The van der Waals surface area contributed by atoms with Gasteiger partial charge < -0.3 is 9.84 Å². The highest BCUT2D eigenvalue weighted by atomic mass is 35.5. The lowest BCUT2D eigenvalue weighted by atomic mass is 9.91. The smallest absolute Gasteiger partial charge is 0.0631 e. The second kappa shape index (κ2) is 6.05. The van der Waals surface area contributed by atoms with E-state index in [4.69, 9.17) is 27.9 Å². The monoisotopic (exact) mass is 274 g/mol. The highest BCUT2D eigenvalue weighted by Gasteiger charge is 2.23. The molecule has 0 spiro atoms. The fourth-order valence-electron chi connectivity index (χ4n) is 2.17. The second-order valence-electron chi connectivity index (χ2n) is 4.45. The van der Waals surface area contributed by atoms with Crippen molar-refractivity contribution in [2.75, 3.05) is 13.2 Å². The fraction of sp³-hybridized carbons (Fsp3) is 0.538. The van der Waals surface area contributed by atoms with Crippen molar-refractivity contribution < 1.29 is 9.84 Å². The molecular weight excluding hydrogens is 259 g/mol. The minimum atomic E-state index is -0.437. The molecule has 2 atom stereocenters. The molecule has 1 saturated heterocycles. The summed E-state index contributed by atoms with van der Waals surface area (Å²) in [7, 11) is 0. The topological polar surface area (TPSA) is 29.5 Å². The zero-order valence-electron chi connectivity index (χ0n) is 9.53. The van der Waals surface area contributed by atoms with Crippen LogP contribution in [0.4, 0.5) is 0 Å². The molecule has 0 radical (unpaired) electrons. The summed E-state index contributed by atoms with van der Waals surface area (Å²) in [6.45, 7) is 1.43. The Labute approximate surface area is 111 Å². The van der Waals surface area contributed by atoms with E-state index in [1.54, 1.807) is 12.1 Å². The van der Waals surface area contributed by atoms with Gasteiger partial charge in [-0.15, -0.1) is 0 Å². The number of hydrogen-bond acceptors (Lipinski definition) is 2. The Morgan fingerprint density at radius 1 is 1.35 bits per heavy atom. The van der Waals surface area contributed by atoms with E-state index in [0.29, 0.717) is 23.1 Å². The number of rotatable bonds is 3. The molecule has 17 heavy (non-hydrogen) atoms. The molecular formula is C13H16Cl2O2. The first-order chi connectivity index (χ1) is 8.18. The van der Waals surface area contributed by atoms with E-state index in [2.05, 4.69) is 0 Å². The van der Waals surface area contributed by atoms with Gasteiger partial charge in [0.2, 0.25) is 0 Å². The first-order valence-corrected chi connectivity index (χ1v) is 6.63. The van der Waals surface area contributed by atoms with Crippen molar-refractivity contribution in [3.05, 3.63) is 33.8 Å². The molecule has 1 N–H and O–H groups in total. The molecule has 1 aromatic carbocycles. The number of halogens is 2. The second-order valence-corrected chi connectivity index (χ2v) is 5.26. The SMILES string of the molecule is OC(Cc1c(Cl)cccc1Cl)C1CCCOC1. The van der Waals surface area contributed by atoms with Gasteiger partial charge >= 0.3 is 0 Å². The van der Waals surface area contributed by atoms with Crippen LogP contribution >= 0.6 is 23.2 Å². The minimum absolute atomic E-state index is 0.191. The Kier molecular flexibility index (Phi) is 4.69. The third-order valence-corrected chi connectivity index (χ3v) is 3.92. The van der Waals surface area contributed by atoms with Gasteiger partial charge in [0.1, 0.15) is 0 Å². The molecule has 1 aliphatic heterocycles. The average Bonchev–Trinajstić information content (AvgIpc) is 2.35. The van der Waals surface area contributed by atoms with Gasteiger partial charge in [-0.25, -0.2) is 0 Å². The first kappa shape index (κ1) is 13.2. The van der Waals surface area contributed by atoms with Crippen LogP contribution in [-0.4, -0.2) is 24.4 Å². The predicted molar refractivity (Wildman–Crippen MR) is 69.7 cm³/mol. The van der Waals surface area contributed by atoms with Crippen LogP contribution in [0.25, 0.3) is 0 Å². The lowest BCUT2D eigenvalue weighted by Crippen LogP contribution is -2.30. The lowest BCUT2D eigenvalue weighted by molar-refractivity contribution is -0.00846. The van der Waals surface area contributed by atoms with Crippen molar-refractivity contribution in [1.29, 1.82) is 0 Å². The van der Waals surface area contributed by atoms with Crippen LogP contribution in [0.2, 0.25) is 10.0 Å². The Morgan fingerprint density at radius 3 is 2.65 bits per heavy atom. The van der Waals surface area contributed by atoms with E-state index in [9.17, 15) is 5.11 Å². The minimum Gasteiger partial charge on any atom is -0.392 e. The molecule has 2 unspecified atom stereocenters. The highest BCUT2D eigenvalue weighted by molar-refractivity contribution is 6.35. The Balaban J connectivity index is 2.04. The van der Waals surface area contributed by atoms with Crippen molar-refractivity contribution in [2.24, 2.45) is 5.92 Å². The molecule has 0 saturated carbocycles. The van der Waals surface area contributed by atoms with E-state index in [-0.39, 0.29) is 5.92 Å². The summed E-state index contributed by atoms with van der Waals surface area (Å²) < 4.78 is 5.38. The molecule has 1 aromatic rings. The summed E-state index contributed by atoms with van der Waals surface area (Å²) in [5, 5.41) is 11.4. The van der Waals surface area contributed by atoms with Crippen LogP contribution in [0.1, 0.15) is 18.4 Å². The van der Waals surface area contributed by atoms with E-state index in [0.717, 1.165) is 25.0 Å². The summed E-state index contributed by atoms with van der Waals surface area (Å²) in [5.41, 5.74) is 0.828. The lowest BCUT2D eigenvalue weighted by Gasteiger charge is -2.27. The number of aliphatic hydroxyl groups excluding tert-OH is 1. The van der Waals surface area contributed by atoms with Crippen LogP contribution in [0.5, 0.6) is 0 Å². The summed E-state index contributed by atoms with van der Waals surface area (Å²) in [4.78, 5) is 0. The maximum atomic E-state index is 10.2. The number of hydrogen-bond donors (Lipinski definition) is 1. The average molecular weight is 275 g/mol.